The Bertz CT molecular complexity index is 465. The molecule has 0 amide bonds. The normalized spacial score (nSPS) is 10.7. The number of halogens is 1. The molecule has 1 N–H and O–H groups in total. The van der Waals surface area contributed by atoms with Gasteiger partial charge in [-0.3, -0.25) is 0 Å². The highest BCUT2D eigenvalue weighted by molar-refractivity contribution is 6.31. The first-order valence-corrected chi connectivity index (χ1v) is 8.41. The standard InChI is InChI=1S/C18H26ClNO4/c1-2-8-21-10-12-23-14-15-24-13-11-22-9-7-20-16-17-5-3-4-6-18(17)19/h1,3-6,20H,7-16H2. The summed E-state index contributed by atoms with van der Waals surface area (Å²) < 4.78 is 21.3. The fourth-order valence-electron chi connectivity index (χ4n) is 1.80. The Labute approximate surface area is 149 Å². The molecule has 0 fully saturated rings. The van der Waals surface area contributed by atoms with Gasteiger partial charge >= 0.3 is 0 Å². The molecule has 0 aliphatic heterocycles. The van der Waals surface area contributed by atoms with Crippen molar-refractivity contribution in [3.05, 3.63) is 34.9 Å². The van der Waals surface area contributed by atoms with E-state index in [-0.39, 0.29) is 0 Å². The maximum Gasteiger partial charge on any atom is 0.107 e. The lowest BCUT2D eigenvalue weighted by molar-refractivity contribution is 0.00169. The van der Waals surface area contributed by atoms with Gasteiger partial charge in [0, 0.05) is 18.1 Å². The van der Waals surface area contributed by atoms with Crippen LogP contribution in [0.1, 0.15) is 5.56 Å². The van der Waals surface area contributed by atoms with Crippen LogP contribution >= 0.6 is 11.6 Å². The number of rotatable bonds is 15. The van der Waals surface area contributed by atoms with Crippen molar-refractivity contribution in [1.82, 2.24) is 5.32 Å². The molecule has 0 aromatic heterocycles. The summed E-state index contributed by atoms with van der Waals surface area (Å²) in [5.74, 6) is 2.40. The summed E-state index contributed by atoms with van der Waals surface area (Å²) in [6.45, 7) is 5.71. The van der Waals surface area contributed by atoms with Gasteiger partial charge in [-0.1, -0.05) is 35.7 Å². The zero-order valence-corrected chi connectivity index (χ0v) is 14.7. The average Bonchev–Trinajstić information content (AvgIpc) is 2.60. The molecule has 0 unspecified atom stereocenters. The van der Waals surface area contributed by atoms with Crippen molar-refractivity contribution in [3.8, 4) is 12.3 Å². The highest BCUT2D eigenvalue weighted by Crippen LogP contribution is 2.13. The van der Waals surface area contributed by atoms with Crippen LogP contribution in [0.4, 0.5) is 0 Å². The molecule has 0 saturated carbocycles. The van der Waals surface area contributed by atoms with Crippen LogP contribution in [0, 0.1) is 12.3 Å². The molecule has 5 nitrogen and oxygen atoms in total. The highest BCUT2D eigenvalue weighted by Gasteiger charge is 1.97. The summed E-state index contributed by atoms with van der Waals surface area (Å²) in [4.78, 5) is 0. The van der Waals surface area contributed by atoms with E-state index in [1.165, 1.54) is 0 Å². The lowest BCUT2D eigenvalue weighted by Crippen LogP contribution is -2.20. The van der Waals surface area contributed by atoms with Crippen molar-refractivity contribution >= 4 is 11.6 Å². The van der Waals surface area contributed by atoms with Crippen LogP contribution in [-0.4, -0.2) is 59.4 Å². The number of terminal acetylenes is 1. The first-order chi connectivity index (χ1) is 11.8. The quantitative estimate of drug-likeness (QED) is 0.386. The fourth-order valence-corrected chi connectivity index (χ4v) is 2.00. The van der Waals surface area contributed by atoms with Crippen molar-refractivity contribution in [2.45, 2.75) is 6.54 Å². The van der Waals surface area contributed by atoms with Gasteiger partial charge in [0.2, 0.25) is 0 Å². The summed E-state index contributed by atoms with van der Waals surface area (Å²) in [6, 6.07) is 7.80. The molecule has 0 radical (unpaired) electrons. The summed E-state index contributed by atoms with van der Waals surface area (Å²) in [7, 11) is 0. The summed E-state index contributed by atoms with van der Waals surface area (Å²) >= 11 is 6.08. The van der Waals surface area contributed by atoms with Gasteiger partial charge in [0.05, 0.1) is 46.2 Å². The van der Waals surface area contributed by atoms with Gasteiger partial charge < -0.3 is 24.3 Å². The van der Waals surface area contributed by atoms with Crippen LogP contribution in [0.5, 0.6) is 0 Å². The number of hydrogen-bond donors (Lipinski definition) is 1. The van der Waals surface area contributed by atoms with E-state index in [0.717, 1.165) is 23.7 Å². The van der Waals surface area contributed by atoms with Gasteiger partial charge in [0.15, 0.2) is 0 Å². The van der Waals surface area contributed by atoms with Crippen molar-refractivity contribution in [1.29, 1.82) is 0 Å². The van der Waals surface area contributed by atoms with Crippen molar-refractivity contribution < 1.29 is 18.9 Å². The van der Waals surface area contributed by atoms with E-state index in [2.05, 4.69) is 11.2 Å². The topological polar surface area (TPSA) is 49.0 Å². The Hall–Kier alpha value is -1.13. The number of hydrogen-bond acceptors (Lipinski definition) is 5. The summed E-state index contributed by atoms with van der Waals surface area (Å²) in [6.07, 6.45) is 5.05. The first-order valence-electron chi connectivity index (χ1n) is 8.03. The predicted octanol–water partition coefficient (Wildman–Crippen LogP) is 2.13. The molecular formula is C18H26ClNO4. The molecule has 24 heavy (non-hydrogen) atoms. The Morgan fingerprint density at radius 3 is 2.08 bits per heavy atom. The molecule has 0 aliphatic rings. The smallest absolute Gasteiger partial charge is 0.107 e. The minimum atomic E-state index is 0.324. The van der Waals surface area contributed by atoms with E-state index in [9.17, 15) is 0 Å². The summed E-state index contributed by atoms with van der Waals surface area (Å²) in [5.41, 5.74) is 1.09. The maximum atomic E-state index is 6.08. The fraction of sp³-hybridized carbons (Fsp3) is 0.556. The molecule has 1 aromatic rings. The van der Waals surface area contributed by atoms with Gasteiger partial charge in [-0.15, -0.1) is 6.42 Å². The van der Waals surface area contributed by atoms with Gasteiger partial charge in [0.1, 0.15) is 6.61 Å². The van der Waals surface area contributed by atoms with Gasteiger partial charge in [-0.25, -0.2) is 0 Å². The zero-order chi connectivity index (χ0) is 17.3. The lowest BCUT2D eigenvalue weighted by atomic mass is 10.2. The van der Waals surface area contributed by atoms with E-state index in [4.69, 9.17) is 37.0 Å². The monoisotopic (exact) mass is 355 g/mol. The van der Waals surface area contributed by atoms with Crippen LogP contribution in [-0.2, 0) is 25.5 Å². The second-order valence-electron chi connectivity index (χ2n) is 4.86. The third-order valence-electron chi connectivity index (χ3n) is 3.00. The lowest BCUT2D eigenvalue weighted by Gasteiger charge is -2.08. The van der Waals surface area contributed by atoms with Crippen LogP contribution in [0.3, 0.4) is 0 Å². The highest BCUT2D eigenvalue weighted by atomic mass is 35.5. The van der Waals surface area contributed by atoms with Crippen LogP contribution in [0.2, 0.25) is 5.02 Å². The first kappa shape index (κ1) is 20.9. The van der Waals surface area contributed by atoms with Crippen LogP contribution in [0.15, 0.2) is 24.3 Å². The zero-order valence-electron chi connectivity index (χ0n) is 14.0. The van der Waals surface area contributed by atoms with Gasteiger partial charge in [-0.2, -0.15) is 0 Å². The molecule has 6 heteroatoms. The Kier molecular flexibility index (Phi) is 13.4. The minimum absolute atomic E-state index is 0.324. The molecule has 1 rings (SSSR count). The number of nitrogens with one attached hydrogen (secondary N) is 1. The largest absolute Gasteiger partial charge is 0.378 e. The molecule has 0 spiro atoms. The second-order valence-corrected chi connectivity index (χ2v) is 5.27. The van der Waals surface area contributed by atoms with E-state index >= 15 is 0 Å². The average molecular weight is 356 g/mol. The molecule has 0 aliphatic carbocycles. The molecule has 0 heterocycles. The Balaban J connectivity index is 1.78. The molecule has 1 aromatic carbocycles. The van der Waals surface area contributed by atoms with Crippen molar-refractivity contribution in [2.24, 2.45) is 0 Å². The van der Waals surface area contributed by atoms with E-state index in [0.29, 0.717) is 52.9 Å². The summed E-state index contributed by atoms with van der Waals surface area (Å²) in [5, 5.41) is 4.07. The van der Waals surface area contributed by atoms with Crippen molar-refractivity contribution in [2.75, 3.05) is 59.4 Å². The molecule has 134 valence electrons. The van der Waals surface area contributed by atoms with E-state index in [1.54, 1.807) is 0 Å². The van der Waals surface area contributed by atoms with Crippen LogP contribution in [0.25, 0.3) is 0 Å². The molecule has 0 atom stereocenters. The van der Waals surface area contributed by atoms with E-state index in [1.807, 2.05) is 24.3 Å². The molecule has 0 saturated heterocycles. The SMILES string of the molecule is C#CCOCCOCCOCCOCCNCc1ccccc1Cl. The third-order valence-corrected chi connectivity index (χ3v) is 3.37. The number of ether oxygens (including phenoxy) is 4. The Morgan fingerprint density at radius 2 is 1.46 bits per heavy atom. The minimum Gasteiger partial charge on any atom is -0.378 e. The maximum absolute atomic E-state index is 6.08. The Morgan fingerprint density at radius 1 is 0.875 bits per heavy atom. The van der Waals surface area contributed by atoms with Gasteiger partial charge in [-0.05, 0) is 11.6 Å². The third kappa shape index (κ3) is 11.4. The van der Waals surface area contributed by atoms with Gasteiger partial charge in [0.25, 0.3) is 0 Å². The second kappa shape index (κ2) is 15.4. The molecular weight excluding hydrogens is 330 g/mol. The predicted molar refractivity (Wildman–Crippen MR) is 95.3 cm³/mol. The van der Waals surface area contributed by atoms with Crippen molar-refractivity contribution in [3.63, 3.8) is 0 Å². The molecule has 0 bridgehead atoms. The van der Waals surface area contributed by atoms with E-state index < -0.39 is 0 Å². The van der Waals surface area contributed by atoms with Crippen LogP contribution < -0.4 is 5.32 Å². The number of benzene rings is 1.